The van der Waals surface area contributed by atoms with Gasteiger partial charge in [0.05, 0.1) is 28.3 Å². The molecule has 0 saturated carbocycles. The Labute approximate surface area is 497 Å². The molecule has 2 aliphatic carbocycles. The van der Waals surface area contributed by atoms with Gasteiger partial charge < -0.3 is 23.6 Å². The summed E-state index contributed by atoms with van der Waals surface area (Å²) in [6.07, 6.45) is 11.2. The van der Waals surface area contributed by atoms with E-state index in [1.807, 2.05) is 0 Å². The van der Waals surface area contributed by atoms with E-state index in [1.165, 1.54) is 113 Å². The zero-order valence-corrected chi connectivity index (χ0v) is 50.4. The van der Waals surface area contributed by atoms with Gasteiger partial charge in [0.1, 0.15) is 17.7 Å². The SMILES string of the molecule is C1CCOC1.CC(C)(C)[O-].COP(=O)(CC(=O)CCCCc1ccc2c(n1)CCCC2)OC.COc1ccc(Cl)c(C(F)(F)F)c1.O=C(/C=C/c1ccc(Cl)c(C(F)(F)F)c1)CCCCc1ccc2c(n1)CCCC2.[K+]. The van der Waals surface area contributed by atoms with Crippen molar-refractivity contribution >= 4 is 48.4 Å². The number of carbonyl (C=O) groups is 2. The van der Waals surface area contributed by atoms with Crippen LogP contribution in [-0.4, -0.2) is 67.8 Å². The first-order chi connectivity index (χ1) is 35.3. The van der Waals surface area contributed by atoms with E-state index in [-0.39, 0.29) is 84.9 Å². The van der Waals surface area contributed by atoms with Crippen LogP contribution in [0.25, 0.3) is 6.08 Å². The number of unbranched alkanes of at least 4 members (excludes halogenated alkanes) is 2. The molecule has 0 spiro atoms. The number of aromatic nitrogens is 2. The summed E-state index contributed by atoms with van der Waals surface area (Å²) in [7, 11) is 0.686. The number of hydrogen-bond donors (Lipinski definition) is 0. The molecular weight excluding hydrogens is 1080 g/mol. The van der Waals surface area contributed by atoms with Gasteiger partial charge in [-0.2, -0.15) is 26.3 Å². The van der Waals surface area contributed by atoms with E-state index in [9.17, 15) is 45.6 Å². The Hall–Kier alpha value is -2.51. The fraction of sp³-hybridized carbons (Fsp3) is 0.536. The number of carbonyl (C=O) groups excluding carboxylic acids is 2. The van der Waals surface area contributed by atoms with E-state index in [4.69, 9.17) is 47.0 Å². The van der Waals surface area contributed by atoms with Gasteiger partial charge in [0, 0.05) is 63.1 Å². The molecule has 7 rings (SSSR count). The molecule has 3 heterocycles. The van der Waals surface area contributed by atoms with Crippen LogP contribution in [0.2, 0.25) is 10.0 Å². The van der Waals surface area contributed by atoms with Gasteiger partial charge in [-0.1, -0.05) is 68.2 Å². The van der Waals surface area contributed by atoms with Gasteiger partial charge in [-0.15, -0.1) is 5.60 Å². The number of alkyl halides is 6. The Kier molecular flexibility index (Phi) is 32.3. The zero-order valence-electron chi connectivity index (χ0n) is 44.9. The third kappa shape index (κ3) is 28.1. The Bertz CT molecular complexity index is 2460. The third-order valence-corrected chi connectivity index (χ3v) is 14.2. The van der Waals surface area contributed by atoms with Crippen LogP contribution in [0.4, 0.5) is 26.3 Å². The molecule has 0 N–H and O–H groups in total. The standard InChI is InChI=1S/C23H23ClF3NO.C17H26NO4P.C8H6ClF3O.C4H8O.C4H9O.K/c24-21-14-10-16(15-20(21)23(25,26)27)9-13-19(29)7-3-2-6-18-12-11-17-5-1-4-8-22(17)28-18;1-21-23(20,22-2)13-16(19)9-5-4-8-15-12-11-14-7-3-6-10-17(14)18-15;1-13-5-2-3-7(9)6(4-5)8(10,11)12;1-2-4-5-3-1;1-4(2,3)5;/h9-15H,1-8H2;11-12H,3-10,13H2,1-2H3;2-4H,1H3;1-4H2;1-3H3;/q;;;;-1;+1/b13-9+;;;;;. The Morgan fingerprint density at radius 2 is 1.13 bits per heavy atom. The number of ketones is 2. The van der Waals surface area contributed by atoms with Gasteiger partial charge >= 0.3 is 71.3 Å². The van der Waals surface area contributed by atoms with Crippen LogP contribution < -0.4 is 61.2 Å². The van der Waals surface area contributed by atoms with Crippen LogP contribution >= 0.6 is 30.8 Å². The minimum atomic E-state index is -4.52. The van der Waals surface area contributed by atoms with E-state index in [2.05, 4.69) is 29.0 Å². The molecule has 3 aliphatic rings. The largest absolute Gasteiger partial charge is 1.00 e. The van der Waals surface area contributed by atoms with E-state index < -0.39 is 36.7 Å². The first kappa shape index (κ1) is 69.6. The van der Waals surface area contributed by atoms with Crippen molar-refractivity contribution in [3.8, 4) is 5.75 Å². The van der Waals surface area contributed by atoms with Gasteiger partial charge in [0.25, 0.3) is 0 Å². The molecule has 10 nitrogen and oxygen atoms in total. The molecule has 2 aromatic heterocycles. The summed E-state index contributed by atoms with van der Waals surface area (Å²) in [4.78, 5) is 33.3. The Morgan fingerprint density at radius 1 is 0.671 bits per heavy atom. The van der Waals surface area contributed by atoms with Crippen LogP contribution in [0.15, 0.2) is 66.7 Å². The second kappa shape index (κ2) is 35.3. The number of methoxy groups -OCH3 is 1. The monoisotopic (exact) mass is 1150 g/mol. The summed E-state index contributed by atoms with van der Waals surface area (Å²) in [5, 5.41) is 9.43. The van der Waals surface area contributed by atoms with Crippen LogP contribution in [0.1, 0.15) is 148 Å². The number of ether oxygens (including phenoxy) is 2. The molecule has 2 aromatic carbocycles. The first-order valence-electron chi connectivity index (χ1n) is 25.3. The molecule has 0 amide bonds. The molecule has 1 aliphatic heterocycles. The molecule has 1 fully saturated rings. The summed E-state index contributed by atoms with van der Waals surface area (Å²) in [5.41, 5.74) is 5.17. The third-order valence-electron chi connectivity index (χ3n) is 11.7. The van der Waals surface area contributed by atoms with Crippen molar-refractivity contribution in [1.82, 2.24) is 9.97 Å². The number of rotatable bonds is 17. The molecule has 0 bridgehead atoms. The number of fused-ring (bicyclic) bond motifs is 2. The molecule has 0 atom stereocenters. The van der Waals surface area contributed by atoms with Gasteiger partial charge in [0.2, 0.25) is 0 Å². The molecule has 416 valence electrons. The van der Waals surface area contributed by atoms with Crippen molar-refractivity contribution < 1.29 is 116 Å². The molecule has 20 heteroatoms. The Balaban J connectivity index is 0.000000371. The molecule has 4 aromatic rings. The van der Waals surface area contributed by atoms with Crippen molar-refractivity contribution in [2.75, 3.05) is 40.7 Å². The smallest absolute Gasteiger partial charge is 0.850 e. The maximum Gasteiger partial charge on any atom is 1.00 e. The maximum absolute atomic E-state index is 12.9. The minimum Gasteiger partial charge on any atom is -0.850 e. The number of Topliss-reactive ketones (excluding diaryl/α,β-unsaturated/α-hetero) is 1. The maximum atomic E-state index is 12.9. The fourth-order valence-electron chi connectivity index (χ4n) is 7.76. The number of pyridine rings is 2. The van der Waals surface area contributed by atoms with Gasteiger partial charge in [-0.05, 0) is 168 Å². The van der Waals surface area contributed by atoms with Crippen molar-refractivity contribution in [2.24, 2.45) is 0 Å². The predicted octanol–water partition coefficient (Wildman–Crippen LogP) is 11.7. The fourth-order valence-corrected chi connectivity index (χ4v) is 9.21. The number of halogens is 8. The number of benzene rings is 2. The summed E-state index contributed by atoms with van der Waals surface area (Å²) in [5.74, 6) is -0.0425. The molecule has 1 saturated heterocycles. The predicted molar refractivity (Wildman–Crippen MR) is 282 cm³/mol. The number of nitrogens with zero attached hydrogens (tertiary/aromatic N) is 2. The van der Waals surface area contributed by atoms with E-state index in [0.717, 1.165) is 107 Å². The molecule has 0 unspecified atom stereocenters. The summed E-state index contributed by atoms with van der Waals surface area (Å²) in [6.45, 7) is 6.90. The average Bonchev–Trinajstić information content (AvgIpc) is 3.97. The zero-order chi connectivity index (χ0) is 55.7. The van der Waals surface area contributed by atoms with Crippen molar-refractivity contribution in [3.63, 3.8) is 0 Å². The van der Waals surface area contributed by atoms with E-state index in [1.54, 1.807) is 20.8 Å². The normalized spacial score (nSPS) is 14.1. The number of hydrogen-bond acceptors (Lipinski definition) is 10. The van der Waals surface area contributed by atoms with Crippen LogP contribution in [0.3, 0.4) is 0 Å². The summed E-state index contributed by atoms with van der Waals surface area (Å²) >= 11 is 11.0. The Morgan fingerprint density at radius 3 is 1.58 bits per heavy atom. The number of aryl methyl sites for hydroxylation is 6. The van der Waals surface area contributed by atoms with E-state index >= 15 is 0 Å². The van der Waals surface area contributed by atoms with Gasteiger partial charge in [0.15, 0.2) is 5.78 Å². The number of allylic oxidation sites excluding steroid dienone is 1. The van der Waals surface area contributed by atoms with Crippen molar-refractivity contribution in [1.29, 1.82) is 0 Å². The minimum absolute atomic E-state index is 0. The second-order valence-electron chi connectivity index (χ2n) is 19.1. The molecule has 0 radical (unpaired) electrons. The van der Waals surface area contributed by atoms with Crippen molar-refractivity contribution in [3.05, 3.63) is 127 Å². The van der Waals surface area contributed by atoms with Crippen LogP contribution in [0, 0.1) is 0 Å². The van der Waals surface area contributed by atoms with Crippen molar-refractivity contribution in [2.45, 2.75) is 154 Å². The van der Waals surface area contributed by atoms with Gasteiger partial charge in [-0.3, -0.25) is 24.1 Å². The van der Waals surface area contributed by atoms with E-state index in [0.29, 0.717) is 18.4 Å². The summed E-state index contributed by atoms with van der Waals surface area (Å²) < 4.78 is 106. The quantitative estimate of drug-likeness (QED) is 0.0330. The molecule has 76 heavy (non-hydrogen) atoms. The van der Waals surface area contributed by atoms with Crippen LogP contribution in [-0.2, 0) is 78.8 Å². The topological polar surface area (TPSA) is 137 Å². The molecular formula is C56H72Cl2F6KN2O8P. The average molecular weight is 1160 g/mol. The first-order valence-corrected chi connectivity index (χ1v) is 27.8. The second-order valence-corrected chi connectivity index (χ2v) is 22.2. The van der Waals surface area contributed by atoms with Gasteiger partial charge in [-0.25, -0.2) is 0 Å². The summed E-state index contributed by atoms with van der Waals surface area (Å²) in [6, 6.07) is 15.6. The van der Waals surface area contributed by atoms with Crippen LogP contribution in [0.5, 0.6) is 5.75 Å².